The van der Waals surface area contributed by atoms with Gasteiger partial charge in [-0.2, -0.15) is 13.9 Å². The maximum atomic E-state index is 12.9. The number of benzene rings is 1. The molecule has 0 fully saturated rings. The van der Waals surface area contributed by atoms with E-state index in [9.17, 15) is 13.6 Å². The molecule has 1 aliphatic heterocycles. The van der Waals surface area contributed by atoms with Crippen LogP contribution in [0.3, 0.4) is 0 Å². The molecule has 0 bridgehead atoms. The number of nitrogens with zero attached hydrogens (tertiary/aromatic N) is 1. The summed E-state index contributed by atoms with van der Waals surface area (Å²) in [4.78, 5) is 15.5. The van der Waals surface area contributed by atoms with Gasteiger partial charge >= 0.3 is 6.61 Å². The topological polar surface area (TPSA) is 80.0 Å². The van der Waals surface area contributed by atoms with Crippen molar-refractivity contribution in [2.24, 2.45) is 0 Å². The van der Waals surface area contributed by atoms with E-state index in [1.165, 1.54) is 6.07 Å². The van der Waals surface area contributed by atoms with Gasteiger partial charge in [0.25, 0.3) is 5.56 Å². The van der Waals surface area contributed by atoms with E-state index in [1.54, 1.807) is 12.3 Å². The molecule has 2 aromatic heterocycles. The van der Waals surface area contributed by atoms with Crippen LogP contribution in [0.2, 0.25) is 0 Å². The molecule has 0 saturated heterocycles. The maximum absolute atomic E-state index is 12.9. The quantitative estimate of drug-likeness (QED) is 0.638. The van der Waals surface area contributed by atoms with E-state index in [1.807, 2.05) is 32.9 Å². The molecule has 0 atom stereocenters. The van der Waals surface area contributed by atoms with Gasteiger partial charge in [-0.25, -0.2) is 5.10 Å². The van der Waals surface area contributed by atoms with E-state index in [0.29, 0.717) is 22.9 Å². The number of rotatable bonds is 4. The molecule has 0 unspecified atom stereocenters. The van der Waals surface area contributed by atoms with E-state index < -0.39 is 12.2 Å². The summed E-state index contributed by atoms with van der Waals surface area (Å²) >= 11 is 0. The number of ether oxygens (including phenoxy) is 2. The number of alkyl halides is 2. The number of H-pyrrole nitrogens is 2. The van der Waals surface area contributed by atoms with Gasteiger partial charge in [-0.15, -0.1) is 12.4 Å². The molecule has 3 heterocycles. The summed E-state index contributed by atoms with van der Waals surface area (Å²) in [6, 6.07) is 3.15. The lowest BCUT2D eigenvalue weighted by molar-refractivity contribution is -0.0526. The van der Waals surface area contributed by atoms with Crippen LogP contribution in [0.5, 0.6) is 11.5 Å². The van der Waals surface area contributed by atoms with Crippen LogP contribution in [0.25, 0.3) is 28.2 Å². The third-order valence-electron chi connectivity index (χ3n) is 4.73. The first-order chi connectivity index (χ1) is 13.3. The second kappa shape index (κ2) is 7.51. The highest BCUT2D eigenvalue weighted by Gasteiger charge is 2.29. The van der Waals surface area contributed by atoms with Crippen molar-refractivity contribution in [3.05, 3.63) is 45.9 Å². The molecular formula is C20H20ClF2N3O3. The Balaban J connectivity index is 0.00000240. The molecule has 4 rings (SSSR count). The first-order valence-corrected chi connectivity index (χ1v) is 8.89. The van der Waals surface area contributed by atoms with Gasteiger partial charge in [0.1, 0.15) is 5.60 Å². The van der Waals surface area contributed by atoms with Crippen LogP contribution in [0.15, 0.2) is 29.2 Å². The van der Waals surface area contributed by atoms with E-state index in [-0.39, 0.29) is 29.5 Å². The molecule has 0 saturated carbocycles. The van der Waals surface area contributed by atoms with Gasteiger partial charge in [-0.05, 0) is 44.0 Å². The number of hydrogen-bond acceptors (Lipinski definition) is 4. The minimum Gasteiger partial charge on any atom is -0.479 e. The minimum atomic E-state index is -2.96. The molecule has 2 N–H and O–H groups in total. The summed E-state index contributed by atoms with van der Waals surface area (Å²) < 4.78 is 36.3. The Morgan fingerprint density at radius 2 is 2.07 bits per heavy atom. The van der Waals surface area contributed by atoms with E-state index in [4.69, 9.17) is 4.74 Å². The van der Waals surface area contributed by atoms with Crippen LogP contribution in [-0.2, 0) is 6.42 Å². The zero-order valence-corrected chi connectivity index (χ0v) is 16.8. The average molecular weight is 424 g/mol. The third kappa shape index (κ3) is 3.60. The van der Waals surface area contributed by atoms with Crippen LogP contribution in [0, 0.1) is 0 Å². The van der Waals surface area contributed by atoms with Crippen LogP contribution < -0.4 is 15.0 Å². The number of aryl methyl sites for hydroxylation is 1. The fourth-order valence-electron chi connectivity index (χ4n) is 3.55. The van der Waals surface area contributed by atoms with Gasteiger partial charge in [-0.1, -0.05) is 13.0 Å². The molecule has 0 aliphatic carbocycles. The highest BCUT2D eigenvalue weighted by Crippen LogP contribution is 2.45. The van der Waals surface area contributed by atoms with Crippen molar-refractivity contribution in [1.82, 2.24) is 15.2 Å². The summed E-state index contributed by atoms with van der Waals surface area (Å²) in [5, 5.41) is 6.82. The van der Waals surface area contributed by atoms with Gasteiger partial charge in [-0.3, -0.25) is 4.79 Å². The van der Waals surface area contributed by atoms with E-state index >= 15 is 0 Å². The molecule has 1 aromatic carbocycles. The van der Waals surface area contributed by atoms with Gasteiger partial charge < -0.3 is 14.5 Å². The lowest BCUT2D eigenvalue weighted by atomic mass is 9.94. The van der Waals surface area contributed by atoms with Crippen molar-refractivity contribution in [2.75, 3.05) is 0 Å². The lowest BCUT2D eigenvalue weighted by Gasteiger charge is -2.30. The largest absolute Gasteiger partial charge is 0.479 e. The molecular weight excluding hydrogens is 404 g/mol. The molecule has 154 valence electrons. The smallest absolute Gasteiger partial charge is 0.387 e. The number of fused-ring (bicyclic) bond motifs is 2. The number of halogens is 3. The average Bonchev–Trinajstić information content (AvgIpc) is 3.01. The molecule has 6 nitrogen and oxygen atoms in total. The fourth-order valence-corrected chi connectivity index (χ4v) is 3.55. The Bertz CT molecular complexity index is 1150. The maximum Gasteiger partial charge on any atom is 0.387 e. The van der Waals surface area contributed by atoms with Crippen molar-refractivity contribution in [3.63, 3.8) is 0 Å². The monoisotopic (exact) mass is 423 g/mol. The van der Waals surface area contributed by atoms with Crippen molar-refractivity contribution >= 4 is 29.4 Å². The summed E-state index contributed by atoms with van der Waals surface area (Å²) in [5.41, 5.74) is 2.56. The van der Waals surface area contributed by atoms with Crippen LogP contribution in [0.4, 0.5) is 8.78 Å². The second-order valence-corrected chi connectivity index (χ2v) is 7.09. The zero-order valence-electron chi connectivity index (χ0n) is 16.0. The minimum absolute atomic E-state index is 0. The van der Waals surface area contributed by atoms with Crippen molar-refractivity contribution in [2.45, 2.75) is 39.4 Å². The lowest BCUT2D eigenvalue weighted by Crippen LogP contribution is -2.28. The first-order valence-electron chi connectivity index (χ1n) is 8.89. The molecule has 0 spiro atoms. The highest BCUT2D eigenvalue weighted by atomic mass is 35.5. The van der Waals surface area contributed by atoms with Crippen LogP contribution in [-0.4, -0.2) is 27.4 Å². The normalized spacial score (nSPS) is 14.4. The first kappa shape index (κ1) is 20.9. The molecule has 0 radical (unpaired) electrons. The summed E-state index contributed by atoms with van der Waals surface area (Å²) in [6.45, 7) is 2.65. The summed E-state index contributed by atoms with van der Waals surface area (Å²) in [7, 11) is 0. The second-order valence-electron chi connectivity index (χ2n) is 7.09. The van der Waals surface area contributed by atoms with Crippen LogP contribution in [0.1, 0.15) is 31.9 Å². The Hall–Kier alpha value is -2.87. The van der Waals surface area contributed by atoms with Crippen molar-refractivity contribution < 1.29 is 18.3 Å². The number of aromatic nitrogens is 3. The third-order valence-corrected chi connectivity index (χ3v) is 4.73. The Labute approximate surface area is 171 Å². The zero-order chi connectivity index (χ0) is 20.1. The van der Waals surface area contributed by atoms with Crippen LogP contribution >= 0.6 is 12.4 Å². The summed E-state index contributed by atoms with van der Waals surface area (Å²) in [5.74, 6) is 0.220. The summed E-state index contributed by atoms with van der Waals surface area (Å²) in [6.07, 6.45) is 5.84. The molecule has 9 heteroatoms. The molecule has 29 heavy (non-hydrogen) atoms. The molecule has 1 aliphatic rings. The Morgan fingerprint density at radius 3 is 2.76 bits per heavy atom. The van der Waals surface area contributed by atoms with Crippen molar-refractivity contribution in [1.29, 1.82) is 0 Å². The Morgan fingerprint density at radius 1 is 1.31 bits per heavy atom. The van der Waals surface area contributed by atoms with Crippen molar-refractivity contribution in [3.8, 4) is 22.8 Å². The standard InChI is InChI=1S/C20H19F2N3O3.ClH/c1-4-10-15-13(9-23-25-18(15)26)24-16(10)11-5-6-14(27-19(21)22)17-12(11)7-8-20(2,3)28-17;/h5-9,19,24H,4H2,1-3H3,(H,25,26);1H. The SMILES string of the molecule is CCc1c(-c2ccc(OC(F)F)c3c2C=CC(C)(C)O3)[nH]c2cn[nH]c(=O)c12.Cl. The van der Waals surface area contributed by atoms with E-state index in [2.05, 4.69) is 19.9 Å². The predicted octanol–water partition coefficient (Wildman–Crippen LogP) is 4.69. The van der Waals surface area contributed by atoms with Gasteiger partial charge in [0.2, 0.25) is 0 Å². The van der Waals surface area contributed by atoms with Gasteiger partial charge in [0.05, 0.1) is 22.8 Å². The molecule has 3 aromatic rings. The number of hydrogen-bond donors (Lipinski definition) is 2. The Kier molecular flexibility index (Phi) is 5.40. The highest BCUT2D eigenvalue weighted by molar-refractivity contribution is 5.92. The van der Waals surface area contributed by atoms with Gasteiger partial charge in [0, 0.05) is 11.1 Å². The predicted molar refractivity (Wildman–Crippen MR) is 109 cm³/mol. The van der Waals surface area contributed by atoms with Gasteiger partial charge in [0.15, 0.2) is 11.5 Å². The van der Waals surface area contributed by atoms with E-state index in [0.717, 1.165) is 16.8 Å². The molecule has 0 amide bonds. The number of aromatic amines is 2. The fraction of sp³-hybridized carbons (Fsp3) is 0.300. The number of nitrogens with one attached hydrogen (secondary N) is 2.